The van der Waals surface area contributed by atoms with E-state index in [2.05, 4.69) is 79.4 Å². The second-order valence-electron chi connectivity index (χ2n) is 14.1. The van der Waals surface area contributed by atoms with Crippen molar-refractivity contribution in [1.82, 2.24) is 14.7 Å². The van der Waals surface area contributed by atoms with Gasteiger partial charge in [-0.1, -0.05) is 36.4 Å². The van der Waals surface area contributed by atoms with Gasteiger partial charge in [-0.05, 0) is 97.6 Å². The van der Waals surface area contributed by atoms with Crippen molar-refractivity contribution in [1.29, 1.82) is 0 Å². The van der Waals surface area contributed by atoms with Crippen molar-refractivity contribution in [3.63, 3.8) is 0 Å². The van der Waals surface area contributed by atoms with E-state index in [1.807, 2.05) is 26.4 Å². The average Bonchev–Trinajstić information content (AvgIpc) is 3.78. The molecule has 1 amide bonds. The number of hydrogen-bond donors (Lipinski definition) is 2. The van der Waals surface area contributed by atoms with Gasteiger partial charge in [0.1, 0.15) is 5.78 Å². The Morgan fingerprint density at radius 3 is 2.37 bits per heavy atom. The van der Waals surface area contributed by atoms with Crippen molar-refractivity contribution in [3.8, 4) is 0 Å². The molecule has 13 heteroatoms. The molecule has 284 valence electrons. The van der Waals surface area contributed by atoms with Gasteiger partial charge in [-0.15, -0.1) is 0 Å². The quantitative estimate of drug-likeness (QED) is 0.213. The molecule has 0 radical (unpaired) electrons. The van der Waals surface area contributed by atoms with Crippen molar-refractivity contribution < 1.29 is 28.7 Å². The number of carbonyl (C=O) groups excluding carboxylic acids is 4. The standard InChI is InChI=1S/C41H47IN6O6/c1-9-26-22(3)30-19-35-27(13-15-42)24(5)33-18-31-23(4)28(11-10-12-36(50)53-7)39(45-31)29(17-37(51)54-8)40-38(41(52)43-16-14-21(2)49)25(6)34(20-32(26)44-30)48(40)46-47(33)35/h13,15,18-20,23,28,46H,9-12,14,16-17H2,1-8H3,(H,43,52)/b15-13+,30-19?,31-18?,32-20?,33-18?,34-20?,35-19?,39-29?,40-29?/t23-,28-/m0/s1. The summed E-state index contributed by atoms with van der Waals surface area (Å²) in [5.41, 5.74) is 14.3. The second kappa shape index (κ2) is 15.9. The van der Waals surface area contributed by atoms with Crippen LogP contribution >= 0.6 is 22.6 Å². The van der Waals surface area contributed by atoms with Crippen LogP contribution in [0, 0.1) is 25.7 Å². The molecule has 2 atom stereocenters. The van der Waals surface area contributed by atoms with E-state index in [4.69, 9.17) is 19.5 Å². The van der Waals surface area contributed by atoms with Crippen molar-refractivity contribution >= 4 is 87.5 Å². The van der Waals surface area contributed by atoms with Gasteiger partial charge in [0.15, 0.2) is 0 Å². The van der Waals surface area contributed by atoms with Crippen molar-refractivity contribution in [2.45, 2.75) is 80.1 Å². The summed E-state index contributed by atoms with van der Waals surface area (Å²) in [6.07, 6.45) is 10.4. The van der Waals surface area contributed by atoms with E-state index in [0.29, 0.717) is 46.0 Å². The molecule has 12 nitrogen and oxygen atoms in total. The molecule has 6 heterocycles. The van der Waals surface area contributed by atoms with Crippen LogP contribution in [0.3, 0.4) is 0 Å². The van der Waals surface area contributed by atoms with E-state index in [9.17, 15) is 19.2 Å². The minimum absolute atomic E-state index is 0.0430. The highest BCUT2D eigenvalue weighted by atomic mass is 127. The lowest BCUT2D eigenvalue weighted by atomic mass is 9.82. The number of nitrogens with zero attached hydrogens (tertiary/aromatic N) is 4. The minimum atomic E-state index is -0.490. The molecule has 0 aliphatic carbocycles. The highest BCUT2D eigenvalue weighted by Crippen LogP contribution is 2.41. The summed E-state index contributed by atoms with van der Waals surface area (Å²) >= 11 is 2.23. The Kier molecular flexibility index (Phi) is 11.5. The Hall–Kier alpha value is -4.79. The number of Topliss-reactive ketones (excluding diaryl/α,β-unsaturated/α-hetero) is 1. The molecule has 6 rings (SSSR count). The minimum Gasteiger partial charge on any atom is -0.469 e. The largest absolute Gasteiger partial charge is 0.469 e. The maximum absolute atomic E-state index is 14.5. The first-order valence-corrected chi connectivity index (χ1v) is 19.6. The number of rotatable bonds is 12. The van der Waals surface area contributed by atoms with Gasteiger partial charge >= 0.3 is 11.9 Å². The number of allylic oxidation sites excluding steroid dienone is 3. The van der Waals surface area contributed by atoms with Crippen molar-refractivity contribution in [3.05, 3.63) is 71.0 Å². The van der Waals surface area contributed by atoms with Gasteiger partial charge < -0.3 is 14.8 Å². The van der Waals surface area contributed by atoms with Crippen LogP contribution in [-0.4, -0.2) is 65.2 Å². The lowest BCUT2D eigenvalue weighted by molar-refractivity contribution is -0.141. The molecule has 4 aliphatic heterocycles. The van der Waals surface area contributed by atoms with E-state index >= 15 is 0 Å². The molecule has 4 aliphatic rings. The normalized spacial score (nSPS) is 18.4. The van der Waals surface area contributed by atoms with E-state index in [-0.39, 0.29) is 55.3 Å². The van der Waals surface area contributed by atoms with Crippen LogP contribution in [0.2, 0.25) is 0 Å². The molecule has 0 saturated carbocycles. The van der Waals surface area contributed by atoms with Crippen LogP contribution in [-0.2, 0) is 23.9 Å². The highest BCUT2D eigenvalue weighted by molar-refractivity contribution is 14.1. The fourth-order valence-electron chi connectivity index (χ4n) is 7.95. The number of carbonyl (C=O) groups is 4. The maximum Gasteiger partial charge on any atom is 0.310 e. The molecule has 0 fully saturated rings. The monoisotopic (exact) mass is 846 g/mol. The molecule has 0 aromatic carbocycles. The lowest BCUT2D eigenvalue weighted by Crippen LogP contribution is -2.43. The van der Waals surface area contributed by atoms with Gasteiger partial charge in [0.2, 0.25) is 0 Å². The fourth-order valence-corrected chi connectivity index (χ4v) is 8.31. The first-order valence-electron chi connectivity index (χ1n) is 18.3. The van der Waals surface area contributed by atoms with Gasteiger partial charge in [0.25, 0.3) is 5.91 Å². The van der Waals surface area contributed by atoms with Crippen LogP contribution in [0.1, 0.15) is 105 Å². The van der Waals surface area contributed by atoms with Crippen molar-refractivity contribution in [2.24, 2.45) is 21.8 Å². The zero-order chi connectivity index (χ0) is 39.0. The van der Waals surface area contributed by atoms with Gasteiger partial charge in [-0.2, -0.15) is 0 Å². The van der Waals surface area contributed by atoms with Crippen molar-refractivity contribution in [2.75, 3.05) is 26.3 Å². The van der Waals surface area contributed by atoms with Crippen LogP contribution in [0.15, 0.2) is 36.6 Å². The third-order valence-electron chi connectivity index (χ3n) is 10.9. The number of hydrogen-bond acceptors (Lipinski definition) is 9. The lowest BCUT2D eigenvalue weighted by Gasteiger charge is -2.21. The summed E-state index contributed by atoms with van der Waals surface area (Å²) in [4.78, 5) is 62.6. The summed E-state index contributed by atoms with van der Waals surface area (Å²) in [7, 11) is 2.72. The Morgan fingerprint density at radius 1 is 0.963 bits per heavy atom. The van der Waals surface area contributed by atoms with Crippen LogP contribution < -0.4 is 21.5 Å². The number of fused-ring (bicyclic) bond motifs is 2. The number of halogens is 1. The Bertz CT molecular complexity index is 2300. The van der Waals surface area contributed by atoms with E-state index in [1.54, 1.807) is 0 Å². The predicted octanol–water partition coefficient (Wildman–Crippen LogP) is 5.46. The van der Waals surface area contributed by atoms with E-state index in [1.165, 1.54) is 21.1 Å². The van der Waals surface area contributed by atoms with Crippen LogP contribution in [0.25, 0.3) is 29.9 Å². The third-order valence-corrected chi connectivity index (χ3v) is 11.3. The first-order chi connectivity index (χ1) is 25.8. The summed E-state index contributed by atoms with van der Waals surface area (Å²) < 4.78 is 16.1. The highest BCUT2D eigenvalue weighted by Gasteiger charge is 2.38. The Balaban J connectivity index is 1.80. The molecule has 2 N–H and O–H groups in total. The molecular formula is C41H47IN6O6. The number of amides is 1. The molecule has 2 aromatic rings. The molecule has 54 heavy (non-hydrogen) atoms. The number of ketones is 1. The molecule has 6 bridgehead atoms. The Labute approximate surface area is 328 Å². The maximum atomic E-state index is 14.5. The smallest absolute Gasteiger partial charge is 0.310 e. The number of aliphatic imine (C=N–C) groups is 2. The SMILES string of the molecule is CCC1=C(C)C2=Cc3c(/C=C/I)c(C)c4n3Nn3c(c(C)c(C(=O)NCCC(C)=O)c3=C(CC(=O)OC)C3=NC(=C4)[C@@H](C)[C@@H]3CCCC(=O)OC)=CC1=N2. The van der Waals surface area contributed by atoms with E-state index in [0.717, 1.165) is 57.2 Å². The number of nitrogens with one attached hydrogen (secondary N) is 2. The fraction of sp³-hybridized carbons (Fsp3) is 0.415. The topological polar surface area (TPSA) is 145 Å². The molecule has 0 unspecified atom stereocenters. The summed E-state index contributed by atoms with van der Waals surface area (Å²) in [5, 5.41) is 4.12. The van der Waals surface area contributed by atoms with Gasteiger partial charge in [0, 0.05) is 48.1 Å². The van der Waals surface area contributed by atoms with Gasteiger partial charge in [0.05, 0.1) is 65.4 Å². The third kappa shape index (κ3) is 6.98. The summed E-state index contributed by atoms with van der Waals surface area (Å²) in [6, 6.07) is 0. The van der Waals surface area contributed by atoms with Crippen LogP contribution in [0.5, 0.6) is 0 Å². The summed E-state index contributed by atoms with van der Waals surface area (Å²) in [6.45, 7) is 11.9. The van der Waals surface area contributed by atoms with Gasteiger partial charge in [-0.25, -0.2) is 19.9 Å². The van der Waals surface area contributed by atoms with E-state index < -0.39 is 5.97 Å². The second-order valence-corrected chi connectivity index (χ2v) is 14.8. The van der Waals surface area contributed by atoms with Crippen LogP contribution in [0.4, 0.5) is 0 Å². The average molecular weight is 847 g/mol. The van der Waals surface area contributed by atoms with Gasteiger partial charge in [-0.3, -0.25) is 24.2 Å². The first kappa shape index (κ1) is 38.9. The molecule has 0 saturated heterocycles. The zero-order valence-corrected chi connectivity index (χ0v) is 34.3. The number of aromatic nitrogens is 2. The zero-order valence-electron chi connectivity index (χ0n) is 32.1. The number of methoxy groups -OCH3 is 2. The predicted molar refractivity (Wildman–Crippen MR) is 220 cm³/mol. The molecule has 2 aromatic heterocycles. The molecule has 0 spiro atoms. The molecular weight excluding hydrogens is 799 g/mol. The number of ether oxygens (including phenoxy) is 2. The number of esters is 2. The Morgan fingerprint density at radius 2 is 1.70 bits per heavy atom. The summed E-state index contributed by atoms with van der Waals surface area (Å²) in [5.74, 6) is -1.52.